The lowest BCUT2D eigenvalue weighted by atomic mass is 10.3. The van der Waals surface area contributed by atoms with E-state index in [1.54, 1.807) is 11.8 Å². The third-order valence-corrected chi connectivity index (χ3v) is 2.72. The molecule has 2 atom stereocenters. The summed E-state index contributed by atoms with van der Waals surface area (Å²) in [6.07, 6.45) is 0.939. The molecule has 0 saturated heterocycles. The standard InChI is InChI=1S/C9H19NO2S/c1-4-12-9(11)8(3)13-6-5-7(2)10/h7-8H,4-6,10H2,1-3H3. The number of carbonyl (C=O) groups is 1. The maximum atomic E-state index is 11.1. The summed E-state index contributed by atoms with van der Waals surface area (Å²) < 4.78 is 4.87. The molecule has 0 aliphatic carbocycles. The van der Waals surface area contributed by atoms with E-state index in [-0.39, 0.29) is 17.3 Å². The van der Waals surface area contributed by atoms with Gasteiger partial charge in [0.25, 0.3) is 0 Å². The number of rotatable bonds is 6. The second kappa shape index (κ2) is 7.21. The SMILES string of the molecule is CCOC(=O)C(C)SCCC(C)N. The van der Waals surface area contributed by atoms with Crippen LogP contribution in [0.2, 0.25) is 0 Å². The Labute approximate surface area is 84.4 Å². The molecule has 78 valence electrons. The van der Waals surface area contributed by atoms with Gasteiger partial charge in [-0.25, -0.2) is 0 Å². The molecule has 0 aliphatic heterocycles. The smallest absolute Gasteiger partial charge is 0.318 e. The van der Waals surface area contributed by atoms with E-state index >= 15 is 0 Å². The van der Waals surface area contributed by atoms with Gasteiger partial charge in [-0.3, -0.25) is 4.79 Å². The molecular formula is C9H19NO2S. The van der Waals surface area contributed by atoms with Gasteiger partial charge in [0, 0.05) is 6.04 Å². The van der Waals surface area contributed by atoms with Crippen molar-refractivity contribution >= 4 is 17.7 Å². The molecule has 3 nitrogen and oxygen atoms in total. The fourth-order valence-corrected chi connectivity index (χ4v) is 1.82. The molecule has 2 unspecified atom stereocenters. The molecule has 13 heavy (non-hydrogen) atoms. The van der Waals surface area contributed by atoms with Crippen molar-refractivity contribution in [1.29, 1.82) is 0 Å². The van der Waals surface area contributed by atoms with Gasteiger partial charge in [0.05, 0.1) is 11.9 Å². The Hall–Kier alpha value is -0.220. The van der Waals surface area contributed by atoms with E-state index in [1.807, 2.05) is 20.8 Å². The highest BCUT2D eigenvalue weighted by molar-refractivity contribution is 8.00. The van der Waals surface area contributed by atoms with E-state index in [1.165, 1.54) is 0 Å². The van der Waals surface area contributed by atoms with Gasteiger partial charge in [0.2, 0.25) is 0 Å². The predicted molar refractivity (Wildman–Crippen MR) is 56.8 cm³/mol. The molecule has 0 heterocycles. The van der Waals surface area contributed by atoms with Crippen molar-refractivity contribution < 1.29 is 9.53 Å². The maximum Gasteiger partial charge on any atom is 0.318 e. The number of carbonyl (C=O) groups excluding carboxylic acids is 1. The first-order valence-electron chi connectivity index (χ1n) is 4.61. The van der Waals surface area contributed by atoms with Gasteiger partial charge >= 0.3 is 5.97 Å². The third kappa shape index (κ3) is 6.90. The van der Waals surface area contributed by atoms with Gasteiger partial charge in [-0.05, 0) is 32.9 Å². The number of hydrogen-bond donors (Lipinski definition) is 1. The van der Waals surface area contributed by atoms with Crippen LogP contribution in [0.1, 0.15) is 27.2 Å². The fourth-order valence-electron chi connectivity index (χ4n) is 0.758. The summed E-state index contributed by atoms with van der Waals surface area (Å²) in [5, 5.41) is -0.0706. The average molecular weight is 205 g/mol. The van der Waals surface area contributed by atoms with Gasteiger partial charge in [0.15, 0.2) is 0 Å². The highest BCUT2D eigenvalue weighted by Gasteiger charge is 2.13. The van der Waals surface area contributed by atoms with Crippen molar-refractivity contribution in [1.82, 2.24) is 0 Å². The zero-order chi connectivity index (χ0) is 10.3. The van der Waals surface area contributed by atoms with Crippen molar-refractivity contribution in [3.05, 3.63) is 0 Å². The molecule has 0 aromatic heterocycles. The summed E-state index contributed by atoms with van der Waals surface area (Å²) in [4.78, 5) is 11.1. The van der Waals surface area contributed by atoms with E-state index in [0.29, 0.717) is 6.61 Å². The second-order valence-electron chi connectivity index (χ2n) is 3.03. The molecule has 4 heteroatoms. The Bertz CT molecular complexity index is 151. The molecule has 0 spiro atoms. The lowest BCUT2D eigenvalue weighted by Gasteiger charge is -2.10. The predicted octanol–water partition coefficient (Wildman–Crippen LogP) is 1.41. The lowest BCUT2D eigenvalue weighted by molar-refractivity contribution is -0.142. The van der Waals surface area contributed by atoms with Crippen LogP contribution in [0.4, 0.5) is 0 Å². The van der Waals surface area contributed by atoms with Gasteiger partial charge < -0.3 is 10.5 Å². The monoisotopic (exact) mass is 205 g/mol. The summed E-state index contributed by atoms with van der Waals surface area (Å²) >= 11 is 1.60. The number of nitrogens with two attached hydrogens (primary N) is 1. The summed E-state index contributed by atoms with van der Waals surface area (Å²) in [5.41, 5.74) is 5.58. The van der Waals surface area contributed by atoms with E-state index in [9.17, 15) is 4.79 Å². The minimum absolute atomic E-state index is 0.0706. The van der Waals surface area contributed by atoms with Crippen LogP contribution in [0.15, 0.2) is 0 Å². The summed E-state index contributed by atoms with van der Waals surface area (Å²) in [5.74, 6) is 0.787. The normalized spacial score (nSPS) is 15.1. The zero-order valence-corrected chi connectivity index (χ0v) is 9.39. The quantitative estimate of drug-likeness (QED) is 0.666. The molecule has 0 radical (unpaired) electrons. The van der Waals surface area contributed by atoms with Crippen molar-refractivity contribution in [2.24, 2.45) is 5.73 Å². The Kier molecular flexibility index (Phi) is 7.09. The molecule has 0 saturated carbocycles. The second-order valence-corrected chi connectivity index (χ2v) is 4.48. The third-order valence-electron chi connectivity index (χ3n) is 1.56. The molecule has 2 N–H and O–H groups in total. The summed E-state index contributed by atoms with van der Waals surface area (Å²) in [6, 6.07) is 0.210. The largest absolute Gasteiger partial charge is 0.465 e. The minimum Gasteiger partial charge on any atom is -0.465 e. The van der Waals surface area contributed by atoms with Crippen LogP contribution in [0, 0.1) is 0 Å². The van der Waals surface area contributed by atoms with Crippen LogP contribution in [0.25, 0.3) is 0 Å². The van der Waals surface area contributed by atoms with Crippen LogP contribution >= 0.6 is 11.8 Å². The molecule has 0 aromatic carbocycles. The average Bonchev–Trinajstić information content (AvgIpc) is 2.04. The highest BCUT2D eigenvalue weighted by Crippen LogP contribution is 2.13. The number of hydrogen-bond acceptors (Lipinski definition) is 4. The molecule has 0 rings (SSSR count). The highest BCUT2D eigenvalue weighted by atomic mass is 32.2. The first-order valence-corrected chi connectivity index (χ1v) is 5.66. The van der Waals surface area contributed by atoms with Crippen LogP contribution in [0.5, 0.6) is 0 Å². The van der Waals surface area contributed by atoms with Gasteiger partial charge in [0.1, 0.15) is 0 Å². The summed E-state index contributed by atoms with van der Waals surface area (Å²) in [6.45, 7) is 6.10. The Morgan fingerprint density at radius 2 is 2.15 bits per heavy atom. The van der Waals surface area contributed by atoms with Crippen LogP contribution in [-0.2, 0) is 9.53 Å². The first-order chi connectivity index (χ1) is 6.07. The Balaban J connectivity index is 3.49. The summed E-state index contributed by atoms with van der Waals surface area (Å²) in [7, 11) is 0. The Morgan fingerprint density at radius 3 is 2.62 bits per heavy atom. The van der Waals surface area contributed by atoms with E-state index in [2.05, 4.69) is 0 Å². The minimum atomic E-state index is -0.128. The molecule has 0 amide bonds. The van der Waals surface area contributed by atoms with Crippen LogP contribution < -0.4 is 5.73 Å². The van der Waals surface area contributed by atoms with Crippen molar-refractivity contribution in [2.75, 3.05) is 12.4 Å². The zero-order valence-electron chi connectivity index (χ0n) is 8.58. The van der Waals surface area contributed by atoms with Crippen molar-refractivity contribution in [3.63, 3.8) is 0 Å². The number of thioether (sulfide) groups is 1. The molecular weight excluding hydrogens is 186 g/mol. The lowest BCUT2D eigenvalue weighted by Crippen LogP contribution is -2.20. The fraction of sp³-hybridized carbons (Fsp3) is 0.889. The van der Waals surface area contributed by atoms with Crippen molar-refractivity contribution in [3.8, 4) is 0 Å². The van der Waals surface area contributed by atoms with E-state index in [4.69, 9.17) is 10.5 Å². The van der Waals surface area contributed by atoms with E-state index < -0.39 is 0 Å². The van der Waals surface area contributed by atoms with Crippen molar-refractivity contribution in [2.45, 2.75) is 38.5 Å². The first kappa shape index (κ1) is 12.8. The topological polar surface area (TPSA) is 52.3 Å². The maximum absolute atomic E-state index is 11.1. The van der Waals surface area contributed by atoms with Gasteiger partial charge in [-0.1, -0.05) is 0 Å². The molecule has 0 fully saturated rings. The number of esters is 1. The Morgan fingerprint density at radius 1 is 1.54 bits per heavy atom. The molecule has 0 aliphatic rings. The number of ether oxygens (including phenoxy) is 1. The molecule has 0 bridgehead atoms. The van der Waals surface area contributed by atoms with Gasteiger partial charge in [-0.15, -0.1) is 11.8 Å². The molecule has 0 aromatic rings. The van der Waals surface area contributed by atoms with Gasteiger partial charge in [-0.2, -0.15) is 0 Å². The van der Waals surface area contributed by atoms with Crippen LogP contribution in [0.3, 0.4) is 0 Å². The van der Waals surface area contributed by atoms with Crippen LogP contribution in [-0.4, -0.2) is 29.6 Å². The van der Waals surface area contributed by atoms with E-state index in [0.717, 1.165) is 12.2 Å².